The quantitative estimate of drug-likeness (QED) is 0.825. The molecule has 0 aliphatic carbocycles. The number of nitrogens with zero attached hydrogens (tertiary/aromatic N) is 1. The van der Waals surface area contributed by atoms with E-state index in [1.807, 2.05) is 13.8 Å². The van der Waals surface area contributed by atoms with Crippen LogP contribution in [0, 0.1) is 5.92 Å². The third kappa shape index (κ3) is 2.45. The minimum absolute atomic E-state index is 0.00140. The van der Waals surface area contributed by atoms with E-state index >= 15 is 0 Å². The van der Waals surface area contributed by atoms with Gasteiger partial charge < -0.3 is 10.8 Å². The molecule has 0 unspecified atom stereocenters. The van der Waals surface area contributed by atoms with E-state index in [1.54, 1.807) is 0 Å². The largest absolute Gasteiger partial charge is 0.398 e. The maximum atomic E-state index is 12.3. The second-order valence-electron chi connectivity index (χ2n) is 5.21. The molecule has 0 bridgehead atoms. The van der Waals surface area contributed by atoms with Gasteiger partial charge in [-0.25, -0.2) is 8.42 Å². The fraction of sp³-hybridized carbons (Fsp3) is 0.500. The monoisotopic (exact) mass is 304 g/mol. The first kappa shape index (κ1) is 14.6. The summed E-state index contributed by atoms with van der Waals surface area (Å²) < 4.78 is 25.9. The molecule has 2 rings (SSSR count). The van der Waals surface area contributed by atoms with E-state index in [-0.39, 0.29) is 29.6 Å². The zero-order chi connectivity index (χ0) is 14.4. The molecule has 1 heterocycles. The highest BCUT2D eigenvalue weighted by atomic mass is 35.5. The summed E-state index contributed by atoms with van der Waals surface area (Å²) in [6.07, 6.45) is 0. The van der Waals surface area contributed by atoms with Gasteiger partial charge in [0.1, 0.15) is 4.90 Å². The van der Waals surface area contributed by atoms with Crippen molar-refractivity contribution >= 4 is 27.3 Å². The van der Waals surface area contributed by atoms with Crippen molar-refractivity contribution in [3.63, 3.8) is 0 Å². The summed E-state index contributed by atoms with van der Waals surface area (Å²) in [5.74, 6) is 0.00140. The molecule has 5 nitrogen and oxygen atoms in total. The van der Waals surface area contributed by atoms with Crippen molar-refractivity contribution in [1.82, 2.24) is 4.31 Å². The first-order valence-electron chi connectivity index (χ1n) is 5.94. The Bertz CT molecular complexity index is 595. The zero-order valence-corrected chi connectivity index (χ0v) is 12.4. The van der Waals surface area contributed by atoms with Crippen molar-refractivity contribution < 1.29 is 13.5 Å². The van der Waals surface area contributed by atoms with Crippen molar-refractivity contribution in [1.29, 1.82) is 0 Å². The highest BCUT2D eigenvalue weighted by Gasteiger charge is 2.49. The number of nitrogen functional groups attached to an aromatic ring is 1. The van der Waals surface area contributed by atoms with E-state index in [9.17, 15) is 13.5 Å². The Kier molecular flexibility index (Phi) is 3.55. The number of hydrogen-bond acceptors (Lipinski definition) is 4. The SMILES string of the molecule is CC(C)C1(O)CN(S(=O)(=O)c2ccc(Cl)cc2N)C1. The zero-order valence-electron chi connectivity index (χ0n) is 10.8. The molecule has 106 valence electrons. The van der Waals surface area contributed by atoms with Crippen molar-refractivity contribution in [2.75, 3.05) is 18.8 Å². The first-order chi connectivity index (χ1) is 8.67. The van der Waals surface area contributed by atoms with Gasteiger partial charge in [-0.3, -0.25) is 0 Å². The molecule has 0 atom stereocenters. The Morgan fingerprint density at radius 2 is 2.00 bits per heavy atom. The van der Waals surface area contributed by atoms with Gasteiger partial charge in [0, 0.05) is 18.1 Å². The van der Waals surface area contributed by atoms with Crippen LogP contribution in [0.2, 0.25) is 5.02 Å². The standard InChI is InChI=1S/C12H17ClN2O3S/c1-8(2)12(16)6-15(7-12)19(17,18)11-4-3-9(13)5-10(11)14/h3-5,8,16H,6-7,14H2,1-2H3. The molecule has 0 spiro atoms. The second-order valence-corrected chi connectivity index (χ2v) is 7.56. The van der Waals surface area contributed by atoms with Crippen molar-refractivity contribution in [3.05, 3.63) is 23.2 Å². The maximum Gasteiger partial charge on any atom is 0.245 e. The van der Waals surface area contributed by atoms with Crippen LogP contribution in [0.5, 0.6) is 0 Å². The third-order valence-corrected chi connectivity index (χ3v) is 5.67. The summed E-state index contributed by atoms with van der Waals surface area (Å²) in [4.78, 5) is 0.0303. The molecule has 0 radical (unpaired) electrons. The van der Waals surface area contributed by atoms with Gasteiger partial charge in [-0.15, -0.1) is 0 Å². The smallest absolute Gasteiger partial charge is 0.245 e. The van der Waals surface area contributed by atoms with E-state index in [4.69, 9.17) is 17.3 Å². The van der Waals surface area contributed by atoms with E-state index in [1.165, 1.54) is 22.5 Å². The van der Waals surface area contributed by atoms with Gasteiger partial charge in [-0.2, -0.15) is 4.31 Å². The minimum Gasteiger partial charge on any atom is -0.398 e. The molecule has 1 aliphatic rings. The normalized spacial score (nSPS) is 19.4. The van der Waals surface area contributed by atoms with Gasteiger partial charge in [0.2, 0.25) is 10.0 Å². The van der Waals surface area contributed by atoms with Gasteiger partial charge >= 0.3 is 0 Å². The van der Waals surface area contributed by atoms with Gasteiger partial charge in [0.05, 0.1) is 11.3 Å². The number of rotatable bonds is 3. The lowest BCUT2D eigenvalue weighted by molar-refractivity contribution is -0.0932. The molecule has 0 saturated carbocycles. The van der Waals surface area contributed by atoms with Crippen LogP contribution in [0.1, 0.15) is 13.8 Å². The molecule has 1 fully saturated rings. The summed E-state index contributed by atoms with van der Waals surface area (Å²) in [6.45, 7) is 3.91. The third-order valence-electron chi connectivity index (χ3n) is 3.56. The lowest BCUT2D eigenvalue weighted by Crippen LogP contribution is -2.65. The minimum atomic E-state index is -3.66. The molecule has 1 saturated heterocycles. The molecule has 19 heavy (non-hydrogen) atoms. The van der Waals surface area contributed by atoms with Crippen LogP contribution in [0.4, 0.5) is 5.69 Å². The van der Waals surface area contributed by atoms with Gasteiger partial charge in [-0.1, -0.05) is 25.4 Å². The van der Waals surface area contributed by atoms with Gasteiger partial charge in [0.25, 0.3) is 0 Å². The molecule has 1 aromatic rings. The lowest BCUT2D eigenvalue weighted by atomic mass is 9.85. The molecular formula is C12H17ClN2O3S. The van der Waals surface area contributed by atoms with Crippen LogP contribution in [-0.4, -0.2) is 36.5 Å². The predicted octanol–water partition coefficient (Wildman–Crippen LogP) is 1.31. The van der Waals surface area contributed by atoms with E-state index in [0.717, 1.165) is 0 Å². The molecule has 7 heteroatoms. The molecule has 1 aromatic carbocycles. The topological polar surface area (TPSA) is 83.6 Å². The highest BCUT2D eigenvalue weighted by molar-refractivity contribution is 7.89. The Labute approximate surface area is 118 Å². The first-order valence-corrected chi connectivity index (χ1v) is 7.76. The average molecular weight is 305 g/mol. The number of benzene rings is 1. The van der Waals surface area contributed by atoms with Crippen LogP contribution in [0.15, 0.2) is 23.1 Å². The van der Waals surface area contributed by atoms with E-state index in [2.05, 4.69) is 0 Å². The summed E-state index contributed by atoms with van der Waals surface area (Å²) in [6, 6.07) is 4.28. The van der Waals surface area contributed by atoms with Crippen molar-refractivity contribution in [2.24, 2.45) is 5.92 Å². The number of aliphatic hydroxyl groups is 1. The van der Waals surface area contributed by atoms with E-state index in [0.29, 0.717) is 5.02 Å². The molecule has 0 amide bonds. The number of sulfonamides is 1. The Balaban J connectivity index is 2.26. The fourth-order valence-corrected chi connectivity index (χ4v) is 3.84. The number of halogens is 1. The number of β-amino-alcohol motifs (C(OH)–C–C–N with tert-alkyl or cyclic N) is 1. The Hall–Kier alpha value is -0.820. The number of hydrogen-bond donors (Lipinski definition) is 2. The number of nitrogens with two attached hydrogens (primary N) is 1. The molecule has 1 aliphatic heterocycles. The van der Waals surface area contributed by atoms with Crippen molar-refractivity contribution in [2.45, 2.75) is 24.3 Å². The molecule has 3 N–H and O–H groups in total. The van der Waals surface area contributed by atoms with Crippen LogP contribution >= 0.6 is 11.6 Å². The van der Waals surface area contributed by atoms with Gasteiger partial charge in [-0.05, 0) is 24.1 Å². The maximum absolute atomic E-state index is 12.3. The fourth-order valence-electron chi connectivity index (χ4n) is 1.99. The molecular weight excluding hydrogens is 288 g/mol. The summed E-state index contributed by atoms with van der Waals surface area (Å²) in [7, 11) is -3.66. The van der Waals surface area contributed by atoms with Crippen LogP contribution in [0.3, 0.4) is 0 Å². The van der Waals surface area contributed by atoms with Crippen LogP contribution < -0.4 is 5.73 Å². The molecule has 0 aromatic heterocycles. The average Bonchev–Trinajstić information content (AvgIpc) is 2.23. The van der Waals surface area contributed by atoms with Gasteiger partial charge in [0.15, 0.2) is 0 Å². The highest BCUT2D eigenvalue weighted by Crippen LogP contribution is 2.35. The summed E-state index contributed by atoms with van der Waals surface area (Å²) in [5.41, 5.74) is 4.87. The Morgan fingerprint density at radius 1 is 1.42 bits per heavy atom. The van der Waals surface area contributed by atoms with Crippen LogP contribution in [-0.2, 0) is 10.0 Å². The Morgan fingerprint density at radius 3 is 2.47 bits per heavy atom. The predicted molar refractivity (Wildman–Crippen MR) is 74.4 cm³/mol. The van der Waals surface area contributed by atoms with E-state index < -0.39 is 15.6 Å². The van der Waals surface area contributed by atoms with Crippen molar-refractivity contribution in [3.8, 4) is 0 Å². The second kappa shape index (κ2) is 4.63. The summed E-state index contributed by atoms with van der Waals surface area (Å²) >= 11 is 5.75. The lowest BCUT2D eigenvalue weighted by Gasteiger charge is -2.47. The summed E-state index contributed by atoms with van der Waals surface area (Å²) in [5, 5.41) is 10.5. The van der Waals surface area contributed by atoms with Crippen LogP contribution in [0.25, 0.3) is 0 Å². The number of anilines is 1.